The average molecular weight is 210 g/mol. The molecule has 0 fully saturated rings. The first-order chi connectivity index (χ1) is 7.06. The number of nitrogens with zero attached hydrogens (tertiary/aromatic N) is 2. The van der Waals surface area contributed by atoms with Crippen molar-refractivity contribution in [1.82, 2.24) is 4.98 Å². The Bertz CT molecular complexity index is 389. The molecule has 0 saturated carbocycles. The summed E-state index contributed by atoms with van der Waals surface area (Å²) in [5, 5.41) is 27.3. The second-order valence-corrected chi connectivity index (χ2v) is 3.18. The summed E-state index contributed by atoms with van der Waals surface area (Å²) in [4.78, 5) is 3.52. The van der Waals surface area contributed by atoms with Gasteiger partial charge < -0.3 is 10.2 Å². The average Bonchev–Trinajstić information content (AvgIpc) is 2.17. The monoisotopic (exact) mass is 210 g/mol. The minimum atomic E-state index is -1.21. The van der Waals surface area contributed by atoms with Gasteiger partial charge in [0.1, 0.15) is 6.10 Å². The van der Waals surface area contributed by atoms with E-state index in [1.54, 1.807) is 6.07 Å². The van der Waals surface area contributed by atoms with Crippen molar-refractivity contribution < 1.29 is 14.6 Å². The maximum atomic E-state index is 12.7. The molecule has 1 aromatic rings. The van der Waals surface area contributed by atoms with Gasteiger partial charge in [0.05, 0.1) is 18.6 Å². The molecule has 1 aromatic heterocycles. The Kier molecular flexibility index (Phi) is 3.72. The highest BCUT2D eigenvalue weighted by molar-refractivity contribution is 5.22. The van der Waals surface area contributed by atoms with E-state index in [4.69, 9.17) is 5.26 Å². The zero-order valence-corrected chi connectivity index (χ0v) is 8.18. The molecule has 1 rings (SSSR count). The van der Waals surface area contributed by atoms with Crippen LogP contribution >= 0.6 is 0 Å². The molecular formula is C10H11FN2O2. The van der Waals surface area contributed by atoms with Crippen LogP contribution in [0.1, 0.15) is 23.8 Å². The molecule has 0 aliphatic rings. The number of aromatic nitrogens is 1. The third-order valence-electron chi connectivity index (χ3n) is 2.08. The fourth-order valence-corrected chi connectivity index (χ4v) is 1.27. The van der Waals surface area contributed by atoms with E-state index < -0.39 is 18.2 Å². The summed E-state index contributed by atoms with van der Waals surface area (Å²) in [5.74, 6) is -0.641. The van der Waals surface area contributed by atoms with Gasteiger partial charge in [0.25, 0.3) is 0 Å². The largest absolute Gasteiger partial charge is 0.389 e. The summed E-state index contributed by atoms with van der Waals surface area (Å²) in [5.41, 5.74) is 0.638. The van der Waals surface area contributed by atoms with Crippen LogP contribution in [0.25, 0.3) is 0 Å². The third kappa shape index (κ3) is 2.72. The number of aliphatic hydroxyl groups excluding tert-OH is 2. The predicted octanol–water partition coefficient (Wildman–Crippen LogP) is 0.837. The molecule has 0 aliphatic carbocycles. The van der Waals surface area contributed by atoms with Crippen molar-refractivity contribution in [3.63, 3.8) is 0 Å². The Labute approximate surface area is 86.6 Å². The summed E-state index contributed by atoms with van der Waals surface area (Å²) in [6.07, 6.45) is -2.57. The molecule has 15 heavy (non-hydrogen) atoms. The van der Waals surface area contributed by atoms with Gasteiger partial charge in [-0.05, 0) is 19.1 Å². The second kappa shape index (κ2) is 4.82. The highest BCUT2D eigenvalue weighted by Gasteiger charge is 2.20. The Hall–Kier alpha value is -1.51. The lowest BCUT2D eigenvalue weighted by Gasteiger charge is -2.16. The molecular weight excluding hydrogens is 199 g/mol. The van der Waals surface area contributed by atoms with Gasteiger partial charge in [0, 0.05) is 11.3 Å². The molecule has 0 radical (unpaired) electrons. The number of hydrogen-bond donors (Lipinski definition) is 2. The number of hydrogen-bond acceptors (Lipinski definition) is 4. The number of aliphatic hydroxyl groups is 2. The molecule has 2 atom stereocenters. The van der Waals surface area contributed by atoms with Crippen molar-refractivity contribution in [1.29, 1.82) is 5.26 Å². The van der Waals surface area contributed by atoms with Gasteiger partial charge in [-0.1, -0.05) is 0 Å². The maximum Gasteiger partial charge on any atom is 0.213 e. The lowest BCUT2D eigenvalue weighted by atomic mass is 10.0. The number of halogens is 1. The molecule has 5 heteroatoms. The van der Waals surface area contributed by atoms with Crippen LogP contribution in [0.15, 0.2) is 12.1 Å². The van der Waals surface area contributed by atoms with E-state index in [0.29, 0.717) is 11.3 Å². The fourth-order valence-electron chi connectivity index (χ4n) is 1.27. The van der Waals surface area contributed by atoms with E-state index in [1.165, 1.54) is 13.0 Å². The van der Waals surface area contributed by atoms with Gasteiger partial charge in [-0.2, -0.15) is 9.65 Å². The van der Waals surface area contributed by atoms with Gasteiger partial charge in [-0.25, -0.2) is 4.98 Å². The summed E-state index contributed by atoms with van der Waals surface area (Å²) in [6, 6.07) is 4.20. The molecule has 0 saturated heterocycles. The van der Waals surface area contributed by atoms with Crippen molar-refractivity contribution in [3.05, 3.63) is 29.3 Å². The number of pyridine rings is 1. The van der Waals surface area contributed by atoms with Crippen LogP contribution in [0.2, 0.25) is 0 Å². The number of nitriles is 1. The fraction of sp³-hybridized carbons (Fsp3) is 0.400. The SMILES string of the molecule is Cc1nc(F)ccc1C(O)C(O)CC#N. The van der Waals surface area contributed by atoms with Gasteiger partial charge >= 0.3 is 0 Å². The lowest BCUT2D eigenvalue weighted by Crippen LogP contribution is -2.18. The van der Waals surface area contributed by atoms with Crippen molar-refractivity contribution in [2.75, 3.05) is 0 Å². The first kappa shape index (κ1) is 11.6. The summed E-state index contributed by atoms with van der Waals surface area (Å²) >= 11 is 0. The zero-order valence-electron chi connectivity index (χ0n) is 8.18. The van der Waals surface area contributed by atoms with Crippen LogP contribution in [0.4, 0.5) is 4.39 Å². The zero-order chi connectivity index (χ0) is 11.4. The van der Waals surface area contributed by atoms with Gasteiger partial charge in [0.15, 0.2) is 0 Å². The van der Waals surface area contributed by atoms with Gasteiger partial charge in [0.2, 0.25) is 5.95 Å². The Balaban J connectivity index is 2.91. The summed E-state index contributed by atoms with van der Waals surface area (Å²) in [7, 11) is 0. The number of rotatable bonds is 3. The Morgan fingerprint density at radius 2 is 2.20 bits per heavy atom. The van der Waals surface area contributed by atoms with Crippen LogP contribution in [0, 0.1) is 24.2 Å². The van der Waals surface area contributed by atoms with E-state index in [1.807, 2.05) is 0 Å². The van der Waals surface area contributed by atoms with E-state index in [2.05, 4.69) is 4.98 Å². The standard InChI is InChI=1S/C10H11FN2O2/c1-6-7(2-3-9(11)13-6)10(15)8(14)4-5-12/h2-3,8,10,14-15H,4H2,1H3. The molecule has 0 amide bonds. The first-order valence-electron chi connectivity index (χ1n) is 4.42. The lowest BCUT2D eigenvalue weighted by molar-refractivity contribution is 0.0209. The topological polar surface area (TPSA) is 77.1 Å². The van der Waals surface area contributed by atoms with E-state index in [9.17, 15) is 14.6 Å². The Morgan fingerprint density at radius 3 is 2.73 bits per heavy atom. The van der Waals surface area contributed by atoms with Crippen LogP contribution in [-0.4, -0.2) is 21.3 Å². The maximum absolute atomic E-state index is 12.7. The van der Waals surface area contributed by atoms with Crippen molar-refractivity contribution in [2.24, 2.45) is 0 Å². The predicted molar refractivity (Wildman–Crippen MR) is 50.1 cm³/mol. The third-order valence-corrected chi connectivity index (χ3v) is 2.08. The summed E-state index contributed by atoms with van der Waals surface area (Å²) < 4.78 is 12.7. The van der Waals surface area contributed by atoms with Crippen molar-refractivity contribution in [2.45, 2.75) is 25.6 Å². The van der Waals surface area contributed by atoms with Crippen LogP contribution in [0.5, 0.6) is 0 Å². The molecule has 4 nitrogen and oxygen atoms in total. The summed E-state index contributed by atoms with van der Waals surface area (Å²) in [6.45, 7) is 1.53. The number of aryl methyl sites for hydroxylation is 1. The van der Waals surface area contributed by atoms with Gasteiger partial charge in [-0.3, -0.25) is 0 Å². The highest BCUT2D eigenvalue weighted by atomic mass is 19.1. The molecule has 80 valence electrons. The van der Waals surface area contributed by atoms with E-state index >= 15 is 0 Å². The van der Waals surface area contributed by atoms with Crippen LogP contribution in [-0.2, 0) is 0 Å². The molecule has 0 aliphatic heterocycles. The van der Waals surface area contributed by atoms with E-state index in [0.717, 1.165) is 6.07 Å². The molecule has 0 aromatic carbocycles. The quantitative estimate of drug-likeness (QED) is 0.724. The minimum Gasteiger partial charge on any atom is -0.389 e. The van der Waals surface area contributed by atoms with Crippen LogP contribution < -0.4 is 0 Å². The second-order valence-electron chi connectivity index (χ2n) is 3.18. The first-order valence-corrected chi connectivity index (χ1v) is 4.42. The van der Waals surface area contributed by atoms with Crippen molar-refractivity contribution >= 4 is 0 Å². The van der Waals surface area contributed by atoms with Crippen LogP contribution in [0.3, 0.4) is 0 Å². The van der Waals surface area contributed by atoms with Gasteiger partial charge in [-0.15, -0.1) is 0 Å². The smallest absolute Gasteiger partial charge is 0.213 e. The normalized spacial score (nSPS) is 14.3. The molecule has 2 N–H and O–H groups in total. The Morgan fingerprint density at radius 1 is 1.53 bits per heavy atom. The molecule has 2 unspecified atom stereocenters. The minimum absolute atomic E-state index is 0.183. The molecule has 1 heterocycles. The molecule has 0 spiro atoms. The van der Waals surface area contributed by atoms with Crippen molar-refractivity contribution in [3.8, 4) is 6.07 Å². The molecule has 0 bridgehead atoms. The highest BCUT2D eigenvalue weighted by Crippen LogP contribution is 2.21. The van der Waals surface area contributed by atoms with E-state index in [-0.39, 0.29) is 6.42 Å².